The molecule has 2 heterocycles. The van der Waals surface area contributed by atoms with E-state index >= 15 is 0 Å². The van der Waals surface area contributed by atoms with E-state index in [0.29, 0.717) is 11.2 Å². The number of nitrogens with zero attached hydrogens (tertiary/aromatic N) is 2. The van der Waals surface area contributed by atoms with Crippen molar-refractivity contribution in [1.29, 1.82) is 0 Å². The van der Waals surface area contributed by atoms with Crippen LogP contribution in [0.25, 0.3) is 6.08 Å². The minimum absolute atomic E-state index is 0.0714. The maximum absolute atomic E-state index is 11.1. The Balaban J connectivity index is 1.59. The van der Waals surface area contributed by atoms with E-state index in [1.807, 2.05) is 6.20 Å². The molecule has 1 aromatic carbocycles. The second-order valence-corrected chi connectivity index (χ2v) is 7.42. The van der Waals surface area contributed by atoms with Gasteiger partial charge < -0.3 is 5.32 Å². The Kier molecular flexibility index (Phi) is 5.43. The lowest BCUT2D eigenvalue weighted by atomic mass is 9.95. The molecule has 0 aliphatic carbocycles. The van der Waals surface area contributed by atoms with Gasteiger partial charge in [-0.15, -0.1) is 11.3 Å². The molecule has 2 aromatic rings. The van der Waals surface area contributed by atoms with Crippen LogP contribution in [0.1, 0.15) is 37.1 Å². The number of piperidine rings is 1. The Morgan fingerprint density at radius 1 is 1.42 bits per heavy atom. The number of carbonyl (C=O) groups excluding carboxylic acids is 1. The van der Waals surface area contributed by atoms with Gasteiger partial charge in [0.15, 0.2) is 5.13 Å². The van der Waals surface area contributed by atoms with Crippen LogP contribution < -0.4 is 5.32 Å². The summed E-state index contributed by atoms with van der Waals surface area (Å²) >= 11 is 1.56. The van der Waals surface area contributed by atoms with E-state index in [4.69, 9.17) is 0 Å². The summed E-state index contributed by atoms with van der Waals surface area (Å²) in [5.41, 5.74) is 2.81. The van der Waals surface area contributed by atoms with E-state index in [9.17, 15) is 4.79 Å². The van der Waals surface area contributed by atoms with Crippen LogP contribution in [0.4, 0.5) is 5.13 Å². The average Bonchev–Trinajstić information content (AvgIpc) is 2.97. The van der Waals surface area contributed by atoms with Crippen molar-refractivity contribution in [3.8, 4) is 0 Å². The molecule has 0 bridgehead atoms. The lowest BCUT2D eigenvalue weighted by molar-refractivity contribution is -0.114. The van der Waals surface area contributed by atoms with E-state index in [0.717, 1.165) is 25.9 Å². The van der Waals surface area contributed by atoms with Gasteiger partial charge >= 0.3 is 0 Å². The number of likely N-dealkylation sites (tertiary alicyclic amines) is 1. The fourth-order valence-corrected chi connectivity index (χ4v) is 3.94. The number of thiazole rings is 1. The predicted octanol–water partition coefficient (Wildman–Crippen LogP) is 4.17. The first-order valence-corrected chi connectivity index (χ1v) is 9.12. The third kappa shape index (κ3) is 4.52. The lowest BCUT2D eigenvalue weighted by Gasteiger charge is -2.34. The summed E-state index contributed by atoms with van der Waals surface area (Å²) < 4.78 is 0. The summed E-state index contributed by atoms with van der Waals surface area (Å²) in [5.74, 6) is -0.0714. The van der Waals surface area contributed by atoms with Crippen LogP contribution in [-0.2, 0) is 11.3 Å². The van der Waals surface area contributed by atoms with E-state index in [2.05, 4.69) is 58.5 Å². The van der Waals surface area contributed by atoms with Crippen molar-refractivity contribution in [3.05, 3.63) is 52.5 Å². The number of hydrogen-bond acceptors (Lipinski definition) is 4. The number of amides is 1. The van der Waals surface area contributed by atoms with E-state index in [1.54, 1.807) is 11.3 Å². The smallest absolute Gasteiger partial charge is 0.223 e. The summed E-state index contributed by atoms with van der Waals surface area (Å²) in [5, 5.41) is 3.44. The average molecular weight is 341 g/mol. The number of nitrogens with one attached hydrogen (secondary N) is 1. The quantitative estimate of drug-likeness (QED) is 0.908. The van der Waals surface area contributed by atoms with Crippen LogP contribution in [0.2, 0.25) is 0 Å². The van der Waals surface area contributed by atoms with Crippen molar-refractivity contribution in [3.63, 3.8) is 0 Å². The Hall–Kier alpha value is -1.98. The molecule has 1 aromatic heterocycles. The second kappa shape index (κ2) is 7.73. The summed E-state index contributed by atoms with van der Waals surface area (Å²) in [6.07, 6.45) is 6.41. The fourth-order valence-electron chi connectivity index (χ4n) is 3.06. The van der Waals surface area contributed by atoms with Gasteiger partial charge in [-0.2, -0.15) is 0 Å². The number of hydrogen-bond donors (Lipinski definition) is 1. The van der Waals surface area contributed by atoms with Gasteiger partial charge in [-0.3, -0.25) is 9.69 Å². The highest BCUT2D eigenvalue weighted by Crippen LogP contribution is 2.27. The van der Waals surface area contributed by atoms with Crippen molar-refractivity contribution < 1.29 is 4.79 Å². The SMILES string of the molecule is CC(=O)Nc1ncc(CN2CC/C(=C\c3ccccc3)C[C@@H]2C)s1. The number of benzene rings is 1. The van der Waals surface area contributed by atoms with E-state index < -0.39 is 0 Å². The molecule has 1 aliphatic heterocycles. The van der Waals surface area contributed by atoms with Gasteiger partial charge in [0.25, 0.3) is 0 Å². The molecule has 1 saturated heterocycles. The van der Waals surface area contributed by atoms with Crippen LogP contribution in [0.3, 0.4) is 0 Å². The van der Waals surface area contributed by atoms with Crippen LogP contribution in [0.15, 0.2) is 42.1 Å². The Morgan fingerprint density at radius 2 is 2.21 bits per heavy atom. The summed E-state index contributed by atoms with van der Waals surface area (Å²) in [7, 11) is 0. The summed E-state index contributed by atoms with van der Waals surface area (Å²) in [6, 6.07) is 11.1. The first kappa shape index (κ1) is 16.9. The number of rotatable bonds is 4. The van der Waals surface area contributed by atoms with Gasteiger partial charge in [-0.1, -0.05) is 42.0 Å². The standard InChI is InChI=1S/C19H23N3OS/c1-14-10-17(11-16-6-4-3-5-7-16)8-9-22(14)13-18-12-20-19(24-18)21-15(2)23/h3-7,11-12,14H,8-10,13H2,1-2H3,(H,20,21,23)/b17-11+/t14-/m0/s1. The zero-order chi connectivity index (χ0) is 16.9. The van der Waals surface area contributed by atoms with E-state index in [1.165, 1.54) is 22.9 Å². The number of carbonyl (C=O) groups is 1. The molecule has 1 atom stereocenters. The molecular formula is C19H23N3OS. The molecule has 126 valence electrons. The Labute approximate surface area is 147 Å². The maximum Gasteiger partial charge on any atom is 0.223 e. The zero-order valence-electron chi connectivity index (χ0n) is 14.2. The molecule has 1 N–H and O–H groups in total. The third-order valence-corrected chi connectivity index (χ3v) is 5.16. The van der Waals surface area contributed by atoms with Gasteiger partial charge in [0.2, 0.25) is 5.91 Å². The zero-order valence-corrected chi connectivity index (χ0v) is 15.0. The fraction of sp³-hybridized carbons (Fsp3) is 0.368. The predicted molar refractivity (Wildman–Crippen MR) is 99.9 cm³/mol. The Bertz CT molecular complexity index is 723. The molecule has 1 fully saturated rings. The molecule has 3 rings (SSSR count). The van der Waals surface area contributed by atoms with Crippen molar-refractivity contribution in [1.82, 2.24) is 9.88 Å². The number of aromatic nitrogens is 1. The van der Waals surface area contributed by atoms with Crippen molar-refractivity contribution >= 4 is 28.5 Å². The van der Waals surface area contributed by atoms with Gasteiger partial charge in [-0.25, -0.2) is 4.98 Å². The summed E-state index contributed by atoms with van der Waals surface area (Å²) in [6.45, 7) is 5.76. The van der Waals surface area contributed by atoms with Gasteiger partial charge in [0.1, 0.15) is 0 Å². The first-order valence-electron chi connectivity index (χ1n) is 8.31. The highest BCUT2D eigenvalue weighted by molar-refractivity contribution is 7.15. The van der Waals surface area contributed by atoms with Gasteiger partial charge in [0.05, 0.1) is 0 Å². The van der Waals surface area contributed by atoms with Crippen LogP contribution in [0.5, 0.6) is 0 Å². The topological polar surface area (TPSA) is 45.2 Å². The molecule has 1 amide bonds. The highest BCUT2D eigenvalue weighted by Gasteiger charge is 2.22. The highest BCUT2D eigenvalue weighted by atomic mass is 32.1. The molecule has 5 heteroatoms. The minimum atomic E-state index is -0.0714. The molecular weight excluding hydrogens is 318 g/mol. The molecule has 0 saturated carbocycles. The van der Waals surface area contributed by atoms with Crippen LogP contribution >= 0.6 is 11.3 Å². The van der Waals surface area contributed by atoms with Gasteiger partial charge in [0, 0.05) is 37.1 Å². The third-order valence-electron chi connectivity index (χ3n) is 4.27. The Morgan fingerprint density at radius 3 is 2.92 bits per heavy atom. The van der Waals surface area contributed by atoms with Crippen molar-refractivity contribution in [2.75, 3.05) is 11.9 Å². The molecule has 0 radical (unpaired) electrons. The van der Waals surface area contributed by atoms with Crippen molar-refractivity contribution in [2.45, 2.75) is 39.3 Å². The minimum Gasteiger partial charge on any atom is -0.302 e. The lowest BCUT2D eigenvalue weighted by Crippen LogP contribution is -2.37. The molecule has 1 aliphatic rings. The van der Waals surface area contributed by atoms with Crippen LogP contribution in [0, 0.1) is 0 Å². The normalized spacial score (nSPS) is 20.2. The molecule has 4 nitrogen and oxygen atoms in total. The second-order valence-electron chi connectivity index (χ2n) is 6.30. The monoisotopic (exact) mass is 341 g/mol. The largest absolute Gasteiger partial charge is 0.302 e. The van der Waals surface area contributed by atoms with Gasteiger partial charge in [-0.05, 0) is 25.3 Å². The maximum atomic E-state index is 11.1. The van der Waals surface area contributed by atoms with Crippen molar-refractivity contribution in [2.24, 2.45) is 0 Å². The molecule has 0 spiro atoms. The number of anilines is 1. The summed E-state index contributed by atoms with van der Waals surface area (Å²) in [4.78, 5) is 19.0. The molecule has 24 heavy (non-hydrogen) atoms. The molecule has 0 unspecified atom stereocenters. The van der Waals surface area contributed by atoms with Crippen LogP contribution in [-0.4, -0.2) is 28.4 Å². The first-order chi connectivity index (χ1) is 11.6. The van der Waals surface area contributed by atoms with E-state index in [-0.39, 0.29) is 5.91 Å².